The lowest BCUT2D eigenvalue weighted by atomic mass is 10.1. The van der Waals surface area contributed by atoms with E-state index in [1.54, 1.807) is 0 Å². The first kappa shape index (κ1) is 15.9. The molecule has 1 aromatic carbocycles. The molecule has 0 saturated heterocycles. The highest BCUT2D eigenvalue weighted by atomic mass is 16.7. The van der Waals surface area contributed by atoms with Crippen LogP contribution in [0.4, 0.5) is 0 Å². The van der Waals surface area contributed by atoms with Crippen LogP contribution in [0.1, 0.15) is 50.9 Å². The highest BCUT2D eigenvalue weighted by Crippen LogP contribution is 2.36. The average Bonchev–Trinajstić information content (AvgIpc) is 2.92. The lowest BCUT2D eigenvalue weighted by Crippen LogP contribution is -2.05. The first-order chi connectivity index (χ1) is 11.4. The summed E-state index contributed by atoms with van der Waals surface area (Å²) < 4.78 is 22.4. The Hall–Kier alpha value is -1.94. The molecule has 0 aliphatic carbocycles. The zero-order valence-electron chi connectivity index (χ0n) is 13.6. The summed E-state index contributed by atoms with van der Waals surface area (Å²) in [6.45, 7) is 3.14. The quantitative estimate of drug-likeness (QED) is 0.702. The predicted octanol–water partition coefficient (Wildman–Crippen LogP) is 4.87. The van der Waals surface area contributed by atoms with E-state index in [4.69, 9.17) is 18.9 Å². The number of hydrogen-bond acceptors (Lipinski definition) is 4. The maximum atomic E-state index is 5.82. The fourth-order valence-electron chi connectivity index (χ4n) is 2.64. The van der Waals surface area contributed by atoms with Gasteiger partial charge in [0.05, 0.1) is 12.9 Å². The maximum absolute atomic E-state index is 5.82. The van der Waals surface area contributed by atoms with E-state index < -0.39 is 6.29 Å². The lowest BCUT2D eigenvalue weighted by molar-refractivity contribution is -0.102. The minimum absolute atomic E-state index is 0.276. The summed E-state index contributed by atoms with van der Waals surface area (Å²) in [4.78, 5) is 0. The van der Waals surface area contributed by atoms with Crippen LogP contribution in [0.15, 0.2) is 42.2 Å². The van der Waals surface area contributed by atoms with Crippen molar-refractivity contribution in [2.45, 2.75) is 45.3 Å². The molecule has 1 aromatic rings. The summed E-state index contributed by atoms with van der Waals surface area (Å²) in [5, 5.41) is 0. The fourth-order valence-corrected chi connectivity index (χ4v) is 2.64. The van der Waals surface area contributed by atoms with E-state index in [1.807, 2.05) is 24.5 Å². The second-order valence-corrected chi connectivity index (χ2v) is 5.79. The summed E-state index contributed by atoms with van der Waals surface area (Å²) in [6, 6.07) is 5.78. The van der Waals surface area contributed by atoms with E-state index in [0.717, 1.165) is 29.9 Å². The van der Waals surface area contributed by atoms with Gasteiger partial charge in [0.15, 0.2) is 11.5 Å². The Morgan fingerprint density at radius 3 is 3.00 bits per heavy atom. The summed E-state index contributed by atoms with van der Waals surface area (Å²) in [5.74, 6) is 1.52. The third-order valence-electron chi connectivity index (χ3n) is 3.98. The number of ether oxygens (including phenoxy) is 4. The summed E-state index contributed by atoms with van der Waals surface area (Å²) in [7, 11) is 0. The molecule has 0 radical (unpaired) electrons. The van der Waals surface area contributed by atoms with Crippen molar-refractivity contribution in [3.8, 4) is 11.5 Å². The van der Waals surface area contributed by atoms with Gasteiger partial charge in [-0.15, -0.1) is 0 Å². The van der Waals surface area contributed by atoms with Crippen molar-refractivity contribution in [2.24, 2.45) is 0 Å². The van der Waals surface area contributed by atoms with Crippen LogP contribution >= 0.6 is 0 Å². The monoisotopic (exact) mass is 316 g/mol. The molecule has 4 heteroatoms. The zero-order chi connectivity index (χ0) is 15.9. The van der Waals surface area contributed by atoms with Crippen molar-refractivity contribution in [3.63, 3.8) is 0 Å². The van der Waals surface area contributed by atoms with Gasteiger partial charge in [-0.25, -0.2) is 0 Å². The summed E-state index contributed by atoms with van der Waals surface area (Å²) in [5.41, 5.74) is 2.11. The van der Waals surface area contributed by atoms with Crippen LogP contribution in [0.5, 0.6) is 11.5 Å². The van der Waals surface area contributed by atoms with Crippen molar-refractivity contribution in [1.82, 2.24) is 0 Å². The average molecular weight is 316 g/mol. The standard InChI is InChI=1S/C19H24O4/c1-2-3-4-5-6-7-15-10-11-20-19(21-13-15)16-8-9-17-18(12-16)23-14-22-17/h6-9,12-13,19H,2-5,10-11,14H2,1H3. The number of fused-ring (bicyclic) bond motifs is 1. The van der Waals surface area contributed by atoms with Gasteiger partial charge >= 0.3 is 0 Å². The molecule has 0 amide bonds. The topological polar surface area (TPSA) is 36.9 Å². The van der Waals surface area contributed by atoms with Gasteiger partial charge in [-0.2, -0.15) is 0 Å². The van der Waals surface area contributed by atoms with Gasteiger partial charge in [0, 0.05) is 5.56 Å². The van der Waals surface area contributed by atoms with Gasteiger partial charge in [0.25, 0.3) is 0 Å². The SMILES string of the molecule is CCCCCC=CC1=COC(c2ccc3c(c2)OCO3)OCC1. The largest absolute Gasteiger partial charge is 0.468 e. The van der Waals surface area contributed by atoms with Gasteiger partial charge < -0.3 is 18.9 Å². The Morgan fingerprint density at radius 2 is 2.09 bits per heavy atom. The van der Waals surface area contributed by atoms with E-state index >= 15 is 0 Å². The second-order valence-electron chi connectivity index (χ2n) is 5.79. The number of unbranched alkanes of at least 4 members (excludes halogenated alkanes) is 3. The van der Waals surface area contributed by atoms with Crippen molar-refractivity contribution in [3.05, 3.63) is 47.7 Å². The van der Waals surface area contributed by atoms with Gasteiger partial charge in [-0.1, -0.05) is 31.9 Å². The molecule has 1 atom stereocenters. The second kappa shape index (κ2) is 8.06. The molecule has 23 heavy (non-hydrogen) atoms. The molecule has 0 saturated carbocycles. The van der Waals surface area contributed by atoms with Gasteiger partial charge in [0.1, 0.15) is 0 Å². The van der Waals surface area contributed by atoms with Gasteiger partial charge in [-0.3, -0.25) is 0 Å². The van der Waals surface area contributed by atoms with E-state index in [9.17, 15) is 0 Å². The van der Waals surface area contributed by atoms with Crippen LogP contribution in [-0.4, -0.2) is 13.4 Å². The molecule has 2 aliphatic heterocycles. The molecule has 0 N–H and O–H groups in total. The van der Waals surface area contributed by atoms with Gasteiger partial charge in [0.2, 0.25) is 13.1 Å². The minimum Gasteiger partial charge on any atom is -0.468 e. The van der Waals surface area contributed by atoms with Crippen molar-refractivity contribution >= 4 is 0 Å². The van der Waals surface area contributed by atoms with Crippen LogP contribution in [0.2, 0.25) is 0 Å². The number of benzene rings is 1. The molecule has 3 rings (SSSR count). The number of allylic oxidation sites excluding steroid dienone is 2. The molecular formula is C19H24O4. The number of hydrogen-bond donors (Lipinski definition) is 0. The molecule has 124 valence electrons. The van der Waals surface area contributed by atoms with Crippen molar-refractivity contribution in [2.75, 3.05) is 13.4 Å². The van der Waals surface area contributed by atoms with Crippen LogP contribution in [0.3, 0.4) is 0 Å². The summed E-state index contributed by atoms with van der Waals surface area (Å²) in [6.07, 6.45) is 11.6. The lowest BCUT2D eigenvalue weighted by Gasteiger charge is -2.15. The van der Waals surface area contributed by atoms with Crippen LogP contribution < -0.4 is 9.47 Å². The normalized spacial score (nSPS) is 20.2. The van der Waals surface area contributed by atoms with E-state index in [1.165, 1.54) is 24.8 Å². The highest BCUT2D eigenvalue weighted by Gasteiger charge is 2.20. The molecular weight excluding hydrogens is 292 g/mol. The molecule has 2 aliphatic rings. The fraction of sp³-hybridized carbons (Fsp3) is 0.474. The smallest absolute Gasteiger partial charge is 0.231 e. The van der Waals surface area contributed by atoms with E-state index in [0.29, 0.717) is 6.61 Å². The Morgan fingerprint density at radius 1 is 1.17 bits per heavy atom. The van der Waals surface area contributed by atoms with Crippen molar-refractivity contribution < 1.29 is 18.9 Å². The first-order valence-corrected chi connectivity index (χ1v) is 8.39. The predicted molar refractivity (Wildman–Crippen MR) is 88.3 cm³/mol. The molecule has 0 fully saturated rings. The Kier molecular flexibility index (Phi) is 5.59. The van der Waals surface area contributed by atoms with E-state index in [-0.39, 0.29) is 6.79 Å². The molecule has 2 heterocycles. The van der Waals surface area contributed by atoms with Crippen molar-refractivity contribution in [1.29, 1.82) is 0 Å². The Balaban J connectivity index is 1.58. The molecule has 1 unspecified atom stereocenters. The zero-order valence-corrected chi connectivity index (χ0v) is 13.6. The van der Waals surface area contributed by atoms with Crippen LogP contribution in [0, 0.1) is 0 Å². The van der Waals surface area contributed by atoms with Gasteiger partial charge in [-0.05, 0) is 43.0 Å². The molecule has 4 nitrogen and oxygen atoms in total. The van der Waals surface area contributed by atoms with E-state index in [2.05, 4.69) is 19.1 Å². The maximum Gasteiger partial charge on any atom is 0.231 e. The highest BCUT2D eigenvalue weighted by molar-refractivity contribution is 5.44. The summed E-state index contributed by atoms with van der Waals surface area (Å²) >= 11 is 0. The Bertz CT molecular complexity index is 577. The molecule has 0 aromatic heterocycles. The van der Waals surface area contributed by atoms with Crippen LogP contribution in [-0.2, 0) is 9.47 Å². The minimum atomic E-state index is -0.393. The third-order valence-corrected chi connectivity index (χ3v) is 3.98. The molecule has 0 bridgehead atoms. The third kappa shape index (κ3) is 4.29. The van der Waals surface area contributed by atoms with Crippen LogP contribution in [0.25, 0.3) is 0 Å². The Labute approximate surface area is 137 Å². The molecule has 0 spiro atoms. The number of rotatable bonds is 6. The first-order valence-electron chi connectivity index (χ1n) is 8.39.